The van der Waals surface area contributed by atoms with Crippen LogP contribution in [0.4, 0.5) is 0 Å². The molecule has 3 nitrogen and oxygen atoms in total. The molecular weight excluding hydrogens is 174 g/mol. The molecule has 0 aromatic carbocycles. The Morgan fingerprint density at radius 2 is 2.36 bits per heavy atom. The molecule has 0 amide bonds. The maximum absolute atomic E-state index is 4.64. The topological polar surface area (TPSA) is 29.9 Å². The van der Waals surface area contributed by atoms with Crippen LogP contribution in [0.2, 0.25) is 0 Å². The highest BCUT2D eigenvalue weighted by Crippen LogP contribution is 2.27. The van der Waals surface area contributed by atoms with E-state index < -0.39 is 0 Å². The van der Waals surface area contributed by atoms with Crippen molar-refractivity contribution in [1.29, 1.82) is 0 Å². The van der Waals surface area contributed by atoms with Crippen molar-refractivity contribution in [3.05, 3.63) is 17.2 Å². The van der Waals surface area contributed by atoms with Gasteiger partial charge in [0.05, 0.1) is 11.4 Å². The fourth-order valence-corrected chi connectivity index (χ4v) is 2.40. The van der Waals surface area contributed by atoms with Crippen molar-refractivity contribution in [3.8, 4) is 0 Å². The highest BCUT2D eigenvalue weighted by atomic mass is 15.1. The third-order valence-electron chi connectivity index (χ3n) is 3.09. The van der Waals surface area contributed by atoms with Gasteiger partial charge >= 0.3 is 0 Å². The van der Waals surface area contributed by atoms with Crippen molar-refractivity contribution < 1.29 is 0 Å². The third kappa shape index (κ3) is 1.46. The Kier molecular flexibility index (Phi) is 2.59. The molecule has 14 heavy (non-hydrogen) atoms. The van der Waals surface area contributed by atoms with Gasteiger partial charge in [-0.1, -0.05) is 0 Å². The second-order valence-electron chi connectivity index (χ2n) is 4.20. The predicted molar refractivity (Wildman–Crippen MR) is 57.4 cm³/mol. The first-order valence-electron chi connectivity index (χ1n) is 5.45. The van der Waals surface area contributed by atoms with Gasteiger partial charge in [-0.25, -0.2) is 4.98 Å². The van der Waals surface area contributed by atoms with Crippen LogP contribution in [-0.2, 0) is 13.0 Å². The molecule has 0 saturated heterocycles. The zero-order valence-electron chi connectivity index (χ0n) is 9.30. The monoisotopic (exact) mass is 193 g/mol. The number of fused-ring (bicyclic) bond motifs is 1. The van der Waals surface area contributed by atoms with Crippen LogP contribution in [0, 0.1) is 6.92 Å². The van der Waals surface area contributed by atoms with Gasteiger partial charge in [-0.2, -0.15) is 0 Å². The maximum Gasteiger partial charge on any atom is 0.109 e. The molecule has 0 aliphatic carbocycles. The summed E-state index contributed by atoms with van der Waals surface area (Å²) in [5.41, 5.74) is 2.57. The smallest absolute Gasteiger partial charge is 0.109 e. The van der Waals surface area contributed by atoms with Crippen LogP contribution in [0.1, 0.15) is 43.0 Å². The van der Waals surface area contributed by atoms with Crippen molar-refractivity contribution in [1.82, 2.24) is 14.9 Å². The number of hydrogen-bond donors (Lipinski definition) is 1. The van der Waals surface area contributed by atoms with E-state index in [-0.39, 0.29) is 0 Å². The van der Waals surface area contributed by atoms with Crippen molar-refractivity contribution >= 4 is 0 Å². The molecule has 1 aromatic rings. The summed E-state index contributed by atoms with van der Waals surface area (Å²) in [5, 5.41) is 3.22. The van der Waals surface area contributed by atoms with Crippen molar-refractivity contribution in [2.45, 2.75) is 45.7 Å². The molecule has 1 aromatic heterocycles. The van der Waals surface area contributed by atoms with Gasteiger partial charge in [0.25, 0.3) is 0 Å². The van der Waals surface area contributed by atoms with Gasteiger partial charge in [0.15, 0.2) is 0 Å². The highest BCUT2D eigenvalue weighted by Gasteiger charge is 2.21. The molecule has 0 spiro atoms. The lowest BCUT2D eigenvalue weighted by atomic mass is 10.1. The van der Waals surface area contributed by atoms with E-state index in [0.29, 0.717) is 6.04 Å². The van der Waals surface area contributed by atoms with E-state index in [0.717, 1.165) is 13.0 Å². The fraction of sp³-hybridized carbons (Fsp3) is 0.727. The average molecular weight is 193 g/mol. The maximum atomic E-state index is 4.64. The minimum absolute atomic E-state index is 0.628. The molecule has 1 aliphatic rings. The SMILES string of the molecule is CNCc1c(C)nc2n1C(C)CCC2. The number of hydrogen-bond acceptors (Lipinski definition) is 2. The van der Waals surface area contributed by atoms with E-state index in [4.69, 9.17) is 0 Å². The van der Waals surface area contributed by atoms with Crippen LogP contribution in [0.3, 0.4) is 0 Å². The molecule has 1 N–H and O–H groups in total. The van der Waals surface area contributed by atoms with Crippen LogP contribution >= 0.6 is 0 Å². The molecule has 0 bridgehead atoms. The standard InChI is InChI=1S/C11H19N3/c1-8-5-4-6-11-13-9(2)10(7-12-3)14(8)11/h8,12H,4-7H2,1-3H3. The summed E-state index contributed by atoms with van der Waals surface area (Å²) in [6, 6.07) is 0.628. The van der Waals surface area contributed by atoms with E-state index in [1.54, 1.807) is 0 Å². The first-order valence-corrected chi connectivity index (χ1v) is 5.45. The fourth-order valence-electron chi connectivity index (χ4n) is 2.40. The van der Waals surface area contributed by atoms with E-state index in [9.17, 15) is 0 Å². The zero-order chi connectivity index (χ0) is 10.1. The number of nitrogens with one attached hydrogen (secondary N) is 1. The van der Waals surface area contributed by atoms with Gasteiger partial charge in [-0.05, 0) is 33.7 Å². The van der Waals surface area contributed by atoms with Crippen LogP contribution in [0.15, 0.2) is 0 Å². The summed E-state index contributed by atoms with van der Waals surface area (Å²) in [6.07, 6.45) is 3.73. The quantitative estimate of drug-likeness (QED) is 0.776. The van der Waals surface area contributed by atoms with Gasteiger partial charge in [0, 0.05) is 19.0 Å². The Morgan fingerprint density at radius 3 is 3.07 bits per heavy atom. The summed E-state index contributed by atoms with van der Waals surface area (Å²) in [6.45, 7) is 5.34. The van der Waals surface area contributed by atoms with Crippen molar-refractivity contribution in [3.63, 3.8) is 0 Å². The van der Waals surface area contributed by atoms with Gasteiger partial charge in [-0.3, -0.25) is 0 Å². The van der Waals surface area contributed by atoms with Crippen LogP contribution in [-0.4, -0.2) is 16.6 Å². The Hall–Kier alpha value is -0.830. The molecule has 0 fully saturated rings. The lowest BCUT2D eigenvalue weighted by molar-refractivity contribution is 0.412. The lowest BCUT2D eigenvalue weighted by Crippen LogP contribution is -2.20. The second-order valence-corrected chi connectivity index (χ2v) is 4.20. The summed E-state index contributed by atoms with van der Waals surface area (Å²) < 4.78 is 2.43. The van der Waals surface area contributed by atoms with E-state index >= 15 is 0 Å². The molecule has 0 radical (unpaired) electrons. The third-order valence-corrected chi connectivity index (χ3v) is 3.09. The highest BCUT2D eigenvalue weighted by molar-refractivity contribution is 5.18. The summed E-state index contributed by atoms with van der Waals surface area (Å²) in [5.74, 6) is 1.28. The lowest BCUT2D eigenvalue weighted by Gasteiger charge is -2.23. The average Bonchev–Trinajstić information content (AvgIpc) is 2.45. The number of aryl methyl sites for hydroxylation is 2. The van der Waals surface area contributed by atoms with Crippen molar-refractivity contribution in [2.24, 2.45) is 0 Å². The van der Waals surface area contributed by atoms with Gasteiger partial charge in [-0.15, -0.1) is 0 Å². The van der Waals surface area contributed by atoms with Crippen LogP contribution in [0.25, 0.3) is 0 Å². The zero-order valence-corrected chi connectivity index (χ0v) is 9.30. The minimum Gasteiger partial charge on any atom is -0.328 e. The van der Waals surface area contributed by atoms with Gasteiger partial charge in [0.2, 0.25) is 0 Å². The summed E-state index contributed by atoms with van der Waals surface area (Å²) >= 11 is 0. The second kappa shape index (κ2) is 3.73. The molecule has 2 heterocycles. The first kappa shape index (κ1) is 9.71. The molecule has 0 saturated carbocycles. The normalized spacial score (nSPS) is 20.9. The minimum atomic E-state index is 0.628. The van der Waals surface area contributed by atoms with E-state index in [2.05, 4.69) is 28.7 Å². The Morgan fingerprint density at radius 1 is 1.57 bits per heavy atom. The molecule has 2 rings (SSSR count). The van der Waals surface area contributed by atoms with Crippen molar-refractivity contribution in [2.75, 3.05) is 7.05 Å². The van der Waals surface area contributed by atoms with Gasteiger partial charge in [0.1, 0.15) is 5.82 Å². The molecule has 78 valence electrons. The molecule has 1 atom stereocenters. The Balaban J connectivity index is 2.43. The largest absolute Gasteiger partial charge is 0.328 e. The van der Waals surface area contributed by atoms with Crippen LogP contribution in [0.5, 0.6) is 0 Å². The number of rotatable bonds is 2. The molecule has 1 aliphatic heterocycles. The Labute approximate surface area is 85.5 Å². The number of nitrogens with zero attached hydrogens (tertiary/aromatic N) is 2. The first-order chi connectivity index (χ1) is 6.74. The number of aromatic nitrogens is 2. The number of imidazole rings is 1. The van der Waals surface area contributed by atoms with Crippen LogP contribution < -0.4 is 5.32 Å². The molecule has 3 heteroatoms. The van der Waals surface area contributed by atoms with E-state index in [1.807, 2.05) is 7.05 Å². The van der Waals surface area contributed by atoms with E-state index in [1.165, 1.54) is 30.1 Å². The molecular formula is C11H19N3. The Bertz CT molecular complexity index is 328. The molecule has 1 unspecified atom stereocenters. The predicted octanol–water partition coefficient (Wildman–Crippen LogP) is 1.81. The van der Waals surface area contributed by atoms with Gasteiger partial charge < -0.3 is 9.88 Å². The summed E-state index contributed by atoms with van der Waals surface area (Å²) in [7, 11) is 1.99. The summed E-state index contributed by atoms with van der Waals surface area (Å²) in [4.78, 5) is 4.64.